The number of aliphatic hydroxyl groups excluding tert-OH is 1. The van der Waals surface area contributed by atoms with Crippen LogP contribution in [0, 0.1) is 6.92 Å². The first kappa shape index (κ1) is 14.2. The summed E-state index contributed by atoms with van der Waals surface area (Å²) in [4.78, 5) is 18.8. The Kier molecular flexibility index (Phi) is 4.01. The lowest BCUT2D eigenvalue weighted by atomic mass is 10.2. The Morgan fingerprint density at radius 1 is 1.48 bits per heavy atom. The molecule has 2 aromatic rings. The van der Waals surface area contributed by atoms with E-state index in [2.05, 4.69) is 9.88 Å². The van der Waals surface area contributed by atoms with Gasteiger partial charge in [0, 0.05) is 31.9 Å². The maximum atomic E-state index is 12.2. The van der Waals surface area contributed by atoms with Gasteiger partial charge in [-0.2, -0.15) is 0 Å². The molecule has 0 saturated carbocycles. The number of nitrogens with zero attached hydrogens (tertiary/aromatic N) is 3. The minimum Gasteiger partial charge on any atom is -0.394 e. The molecule has 6 nitrogen and oxygen atoms in total. The fraction of sp³-hybridized carbons (Fsp3) is 0.467. The predicted molar refractivity (Wildman–Crippen MR) is 78.3 cm³/mol. The number of ether oxygens (including phenoxy) is 1. The van der Waals surface area contributed by atoms with Gasteiger partial charge in [-0.3, -0.25) is 14.1 Å². The minimum absolute atomic E-state index is 0.0174. The first-order valence-electron chi connectivity index (χ1n) is 7.09. The highest BCUT2D eigenvalue weighted by molar-refractivity contribution is 5.39. The van der Waals surface area contributed by atoms with Crippen LogP contribution in [0.2, 0.25) is 0 Å². The standard InChI is InChI=1S/C15H19N3O3/c1-11-2-3-14-16-12(6-15(20)18(14)7-11)8-17-4-5-21-13(9-17)10-19/h2-3,6-7,13,19H,4-5,8-10H2,1H3. The Labute approximate surface area is 122 Å². The molecule has 0 aromatic carbocycles. The third-order valence-electron chi connectivity index (χ3n) is 3.67. The van der Waals surface area contributed by atoms with Crippen molar-refractivity contribution in [3.05, 3.63) is 46.0 Å². The molecule has 1 aliphatic heterocycles. The highest BCUT2D eigenvalue weighted by Gasteiger charge is 2.20. The van der Waals surface area contributed by atoms with Crippen LogP contribution in [-0.2, 0) is 11.3 Å². The van der Waals surface area contributed by atoms with Crippen molar-refractivity contribution in [2.75, 3.05) is 26.3 Å². The van der Waals surface area contributed by atoms with E-state index in [1.807, 2.05) is 19.1 Å². The van der Waals surface area contributed by atoms with Crippen LogP contribution in [0.25, 0.3) is 5.65 Å². The molecule has 112 valence electrons. The zero-order chi connectivity index (χ0) is 14.8. The molecule has 6 heteroatoms. The van der Waals surface area contributed by atoms with Gasteiger partial charge in [0.1, 0.15) is 5.65 Å². The Morgan fingerprint density at radius 2 is 2.33 bits per heavy atom. The first-order chi connectivity index (χ1) is 10.2. The number of hydrogen-bond acceptors (Lipinski definition) is 5. The summed E-state index contributed by atoms with van der Waals surface area (Å²) in [6.07, 6.45) is 1.65. The summed E-state index contributed by atoms with van der Waals surface area (Å²) in [6.45, 7) is 4.60. The van der Waals surface area contributed by atoms with Crippen LogP contribution < -0.4 is 5.56 Å². The Bertz CT molecular complexity index is 698. The number of aryl methyl sites for hydroxylation is 1. The van der Waals surface area contributed by atoms with Gasteiger partial charge < -0.3 is 9.84 Å². The van der Waals surface area contributed by atoms with Crippen LogP contribution >= 0.6 is 0 Å². The molecule has 1 aliphatic rings. The van der Waals surface area contributed by atoms with E-state index >= 15 is 0 Å². The molecule has 21 heavy (non-hydrogen) atoms. The maximum absolute atomic E-state index is 12.2. The second-order valence-electron chi connectivity index (χ2n) is 5.43. The van der Waals surface area contributed by atoms with E-state index in [-0.39, 0.29) is 18.3 Å². The first-order valence-corrected chi connectivity index (χ1v) is 7.09. The van der Waals surface area contributed by atoms with Crippen molar-refractivity contribution in [3.63, 3.8) is 0 Å². The second-order valence-corrected chi connectivity index (χ2v) is 5.43. The quantitative estimate of drug-likeness (QED) is 0.874. The molecule has 2 aromatic heterocycles. The van der Waals surface area contributed by atoms with Gasteiger partial charge >= 0.3 is 0 Å². The third kappa shape index (κ3) is 3.12. The van der Waals surface area contributed by atoms with E-state index in [0.717, 1.165) is 17.8 Å². The lowest BCUT2D eigenvalue weighted by Crippen LogP contribution is -2.43. The fourth-order valence-corrected chi connectivity index (χ4v) is 2.60. The summed E-state index contributed by atoms with van der Waals surface area (Å²) in [5, 5.41) is 9.17. The zero-order valence-electron chi connectivity index (χ0n) is 12.0. The van der Waals surface area contributed by atoms with Gasteiger partial charge in [-0.25, -0.2) is 4.98 Å². The van der Waals surface area contributed by atoms with Crippen LogP contribution in [0.3, 0.4) is 0 Å². The van der Waals surface area contributed by atoms with Gasteiger partial charge in [-0.1, -0.05) is 6.07 Å². The van der Waals surface area contributed by atoms with Crippen molar-refractivity contribution >= 4 is 5.65 Å². The summed E-state index contributed by atoms with van der Waals surface area (Å²) < 4.78 is 6.99. The second kappa shape index (κ2) is 5.93. The maximum Gasteiger partial charge on any atom is 0.258 e. The Balaban J connectivity index is 1.84. The van der Waals surface area contributed by atoms with E-state index in [4.69, 9.17) is 9.84 Å². The molecule has 0 radical (unpaired) electrons. The van der Waals surface area contributed by atoms with Crippen LogP contribution in [-0.4, -0.2) is 51.8 Å². The molecule has 3 heterocycles. The number of hydrogen-bond donors (Lipinski definition) is 1. The lowest BCUT2D eigenvalue weighted by molar-refractivity contribution is -0.0553. The molecule has 0 amide bonds. The number of fused-ring (bicyclic) bond motifs is 1. The SMILES string of the molecule is Cc1ccc2nc(CN3CCOC(CO)C3)cc(=O)n2c1. The smallest absolute Gasteiger partial charge is 0.258 e. The molecule has 1 N–H and O–H groups in total. The van der Waals surface area contributed by atoms with Gasteiger partial charge in [-0.15, -0.1) is 0 Å². The van der Waals surface area contributed by atoms with E-state index in [1.165, 1.54) is 0 Å². The summed E-state index contributed by atoms with van der Waals surface area (Å²) in [6, 6.07) is 5.38. The molecule has 3 rings (SSSR count). The lowest BCUT2D eigenvalue weighted by Gasteiger charge is -2.31. The normalized spacial score (nSPS) is 20.0. The van der Waals surface area contributed by atoms with Crippen LogP contribution in [0.1, 0.15) is 11.3 Å². The molecule has 1 fully saturated rings. The average Bonchev–Trinajstić information content (AvgIpc) is 2.48. The Morgan fingerprint density at radius 3 is 3.14 bits per heavy atom. The van der Waals surface area contributed by atoms with E-state index in [0.29, 0.717) is 25.3 Å². The van der Waals surface area contributed by atoms with E-state index < -0.39 is 0 Å². The molecule has 0 aliphatic carbocycles. The monoisotopic (exact) mass is 289 g/mol. The summed E-state index contributed by atoms with van der Waals surface area (Å²) in [5.41, 5.74) is 2.38. The number of pyridine rings is 1. The van der Waals surface area contributed by atoms with Gasteiger partial charge in [0.25, 0.3) is 5.56 Å². The van der Waals surface area contributed by atoms with Crippen molar-refractivity contribution in [2.24, 2.45) is 0 Å². The van der Waals surface area contributed by atoms with E-state index in [9.17, 15) is 4.79 Å². The molecule has 1 saturated heterocycles. The van der Waals surface area contributed by atoms with Gasteiger partial charge in [0.15, 0.2) is 0 Å². The van der Waals surface area contributed by atoms with Crippen LogP contribution in [0.5, 0.6) is 0 Å². The minimum atomic E-state index is -0.150. The van der Waals surface area contributed by atoms with Crippen LogP contribution in [0.15, 0.2) is 29.2 Å². The fourth-order valence-electron chi connectivity index (χ4n) is 2.60. The van der Waals surface area contributed by atoms with Crippen LogP contribution in [0.4, 0.5) is 0 Å². The van der Waals surface area contributed by atoms with Crippen molar-refractivity contribution < 1.29 is 9.84 Å². The number of morpholine rings is 1. The number of aromatic nitrogens is 2. The average molecular weight is 289 g/mol. The van der Waals surface area contributed by atoms with Crippen molar-refractivity contribution in [2.45, 2.75) is 19.6 Å². The van der Waals surface area contributed by atoms with Gasteiger partial charge in [0.2, 0.25) is 0 Å². The Hall–Kier alpha value is -1.76. The predicted octanol–water partition coefficient (Wildman–Crippen LogP) is 0.196. The molecule has 0 bridgehead atoms. The van der Waals surface area contributed by atoms with Crippen molar-refractivity contribution in [3.8, 4) is 0 Å². The highest BCUT2D eigenvalue weighted by Crippen LogP contribution is 2.09. The van der Waals surface area contributed by atoms with Crippen molar-refractivity contribution in [1.29, 1.82) is 0 Å². The van der Waals surface area contributed by atoms with Gasteiger partial charge in [-0.05, 0) is 18.6 Å². The number of rotatable bonds is 3. The highest BCUT2D eigenvalue weighted by atomic mass is 16.5. The summed E-state index contributed by atoms with van der Waals surface area (Å²) in [7, 11) is 0. The number of aliphatic hydroxyl groups is 1. The van der Waals surface area contributed by atoms with Crippen molar-refractivity contribution in [1.82, 2.24) is 14.3 Å². The molecular formula is C15H19N3O3. The van der Waals surface area contributed by atoms with Gasteiger partial charge in [0.05, 0.1) is 25.0 Å². The molecular weight excluding hydrogens is 270 g/mol. The molecule has 1 atom stereocenters. The molecule has 0 spiro atoms. The van der Waals surface area contributed by atoms with E-state index in [1.54, 1.807) is 16.7 Å². The summed E-state index contributed by atoms with van der Waals surface area (Å²) in [5.74, 6) is 0. The molecule has 1 unspecified atom stereocenters. The third-order valence-corrected chi connectivity index (χ3v) is 3.67. The topological polar surface area (TPSA) is 67.1 Å². The summed E-state index contributed by atoms with van der Waals surface area (Å²) >= 11 is 0. The zero-order valence-corrected chi connectivity index (χ0v) is 12.0. The largest absolute Gasteiger partial charge is 0.394 e.